The van der Waals surface area contributed by atoms with Crippen LogP contribution in [0, 0.1) is 0 Å². The SMILES string of the molecule is Nc1cccc(COc2ccc3c(c2)CCC3)c1Br. The van der Waals surface area contributed by atoms with Gasteiger partial charge in [0.15, 0.2) is 0 Å². The van der Waals surface area contributed by atoms with Crippen LogP contribution in [0.2, 0.25) is 0 Å². The predicted molar refractivity (Wildman–Crippen MR) is 81.4 cm³/mol. The van der Waals surface area contributed by atoms with Crippen LogP contribution >= 0.6 is 15.9 Å². The van der Waals surface area contributed by atoms with E-state index in [0.717, 1.165) is 21.5 Å². The van der Waals surface area contributed by atoms with Gasteiger partial charge in [-0.3, -0.25) is 0 Å². The molecular formula is C16H16BrNO. The molecule has 0 radical (unpaired) electrons. The van der Waals surface area contributed by atoms with Gasteiger partial charge in [0, 0.05) is 15.7 Å². The van der Waals surface area contributed by atoms with Gasteiger partial charge >= 0.3 is 0 Å². The van der Waals surface area contributed by atoms with E-state index >= 15 is 0 Å². The molecule has 0 heterocycles. The Labute approximate surface area is 121 Å². The minimum Gasteiger partial charge on any atom is -0.489 e. The van der Waals surface area contributed by atoms with Crippen molar-refractivity contribution in [3.8, 4) is 5.75 Å². The summed E-state index contributed by atoms with van der Waals surface area (Å²) in [4.78, 5) is 0. The van der Waals surface area contributed by atoms with Crippen LogP contribution in [-0.2, 0) is 19.4 Å². The molecule has 0 saturated heterocycles. The summed E-state index contributed by atoms with van der Waals surface area (Å²) in [6.07, 6.45) is 3.64. The summed E-state index contributed by atoms with van der Waals surface area (Å²) in [6, 6.07) is 12.3. The highest BCUT2D eigenvalue weighted by Crippen LogP contribution is 2.28. The lowest BCUT2D eigenvalue weighted by molar-refractivity contribution is 0.305. The molecule has 0 atom stereocenters. The van der Waals surface area contributed by atoms with E-state index in [4.69, 9.17) is 10.5 Å². The summed E-state index contributed by atoms with van der Waals surface area (Å²) >= 11 is 3.50. The van der Waals surface area contributed by atoms with Gasteiger partial charge in [0.2, 0.25) is 0 Å². The number of benzene rings is 2. The van der Waals surface area contributed by atoms with E-state index in [1.807, 2.05) is 18.2 Å². The maximum atomic E-state index is 5.87. The average Bonchev–Trinajstić information content (AvgIpc) is 2.88. The summed E-state index contributed by atoms with van der Waals surface area (Å²) in [5.41, 5.74) is 10.6. The molecule has 3 rings (SSSR count). The van der Waals surface area contributed by atoms with Crippen LogP contribution in [-0.4, -0.2) is 0 Å². The Hall–Kier alpha value is -1.48. The highest BCUT2D eigenvalue weighted by atomic mass is 79.9. The standard InChI is InChI=1S/C16H16BrNO/c17-16-13(5-2-6-15(16)18)10-19-14-8-7-11-3-1-4-12(11)9-14/h2,5-9H,1,3-4,10,18H2. The second-order valence-corrected chi connectivity index (χ2v) is 5.69. The Morgan fingerprint density at radius 2 is 1.95 bits per heavy atom. The van der Waals surface area contributed by atoms with E-state index in [0.29, 0.717) is 6.61 Å². The van der Waals surface area contributed by atoms with E-state index in [-0.39, 0.29) is 0 Å². The normalized spacial score (nSPS) is 13.3. The summed E-state index contributed by atoms with van der Waals surface area (Å²) in [6.45, 7) is 0.532. The van der Waals surface area contributed by atoms with Gasteiger partial charge in [0.25, 0.3) is 0 Å². The summed E-state index contributed by atoms with van der Waals surface area (Å²) < 4.78 is 6.79. The molecule has 98 valence electrons. The molecule has 0 amide bonds. The average molecular weight is 318 g/mol. The van der Waals surface area contributed by atoms with Crippen molar-refractivity contribution in [2.75, 3.05) is 5.73 Å². The molecule has 1 aliphatic carbocycles. The number of nitrogen functional groups attached to an aromatic ring is 1. The van der Waals surface area contributed by atoms with E-state index in [1.54, 1.807) is 0 Å². The van der Waals surface area contributed by atoms with Gasteiger partial charge in [-0.05, 0) is 64.5 Å². The molecular weight excluding hydrogens is 302 g/mol. The fraction of sp³-hybridized carbons (Fsp3) is 0.250. The van der Waals surface area contributed by atoms with E-state index < -0.39 is 0 Å². The summed E-state index contributed by atoms with van der Waals surface area (Å²) in [5, 5.41) is 0. The van der Waals surface area contributed by atoms with Crippen LogP contribution in [0.25, 0.3) is 0 Å². The van der Waals surface area contributed by atoms with Crippen molar-refractivity contribution in [1.29, 1.82) is 0 Å². The first-order valence-electron chi connectivity index (χ1n) is 6.51. The van der Waals surface area contributed by atoms with Crippen molar-refractivity contribution in [3.05, 3.63) is 57.6 Å². The number of hydrogen-bond donors (Lipinski definition) is 1. The van der Waals surface area contributed by atoms with Gasteiger partial charge in [0.1, 0.15) is 12.4 Å². The van der Waals surface area contributed by atoms with E-state index in [1.165, 1.54) is 30.4 Å². The molecule has 2 nitrogen and oxygen atoms in total. The number of ether oxygens (including phenoxy) is 1. The maximum absolute atomic E-state index is 5.87. The maximum Gasteiger partial charge on any atom is 0.120 e. The third-order valence-corrected chi connectivity index (χ3v) is 4.54. The lowest BCUT2D eigenvalue weighted by Gasteiger charge is -2.10. The number of aryl methyl sites for hydroxylation is 2. The molecule has 2 aromatic carbocycles. The van der Waals surface area contributed by atoms with Gasteiger partial charge in [-0.15, -0.1) is 0 Å². The Bertz CT molecular complexity index is 610. The quantitative estimate of drug-likeness (QED) is 0.865. The van der Waals surface area contributed by atoms with Crippen molar-refractivity contribution in [1.82, 2.24) is 0 Å². The first kappa shape index (κ1) is 12.5. The van der Waals surface area contributed by atoms with Crippen LogP contribution in [0.1, 0.15) is 23.1 Å². The monoisotopic (exact) mass is 317 g/mol. The molecule has 19 heavy (non-hydrogen) atoms. The second kappa shape index (κ2) is 5.25. The number of rotatable bonds is 3. The number of hydrogen-bond acceptors (Lipinski definition) is 2. The molecule has 0 bridgehead atoms. The molecule has 0 spiro atoms. The molecule has 3 heteroatoms. The highest BCUT2D eigenvalue weighted by molar-refractivity contribution is 9.10. The number of nitrogens with two attached hydrogens (primary N) is 1. The minimum absolute atomic E-state index is 0.532. The zero-order valence-electron chi connectivity index (χ0n) is 10.7. The lowest BCUT2D eigenvalue weighted by atomic mass is 10.1. The van der Waals surface area contributed by atoms with Crippen molar-refractivity contribution in [3.63, 3.8) is 0 Å². The van der Waals surface area contributed by atoms with Crippen LogP contribution in [0.4, 0.5) is 5.69 Å². The first-order valence-corrected chi connectivity index (χ1v) is 7.31. The fourth-order valence-electron chi connectivity index (χ4n) is 2.51. The Morgan fingerprint density at radius 1 is 1.11 bits per heavy atom. The van der Waals surface area contributed by atoms with Crippen LogP contribution < -0.4 is 10.5 Å². The fourth-order valence-corrected chi connectivity index (χ4v) is 2.89. The van der Waals surface area contributed by atoms with Crippen LogP contribution in [0.15, 0.2) is 40.9 Å². The zero-order chi connectivity index (χ0) is 13.2. The molecule has 2 N–H and O–H groups in total. The third-order valence-electron chi connectivity index (χ3n) is 3.57. The lowest BCUT2D eigenvalue weighted by Crippen LogP contribution is -1.99. The molecule has 0 aromatic heterocycles. The molecule has 1 aliphatic rings. The van der Waals surface area contributed by atoms with Crippen molar-refractivity contribution >= 4 is 21.6 Å². The Balaban J connectivity index is 1.74. The molecule has 2 aromatic rings. The van der Waals surface area contributed by atoms with Crippen LogP contribution in [0.5, 0.6) is 5.75 Å². The number of anilines is 1. The van der Waals surface area contributed by atoms with Gasteiger partial charge in [0.05, 0.1) is 0 Å². The van der Waals surface area contributed by atoms with E-state index in [2.05, 4.69) is 34.1 Å². The van der Waals surface area contributed by atoms with Gasteiger partial charge < -0.3 is 10.5 Å². The first-order chi connectivity index (χ1) is 9.24. The number of fused-ring (bicyclic) bond motifs is 1. The van der Waals surface area contributed by atoms with Gasteiger partial charge in [-0.25, -0.2) is 0 Å². The molecule has 0 aliphatic heterocycles. The molecule has 0 saturated carbocycles. The van der Waals surface area contributed by atoms with Crippen LogP contribution in [0.3, 0.4) is 0 Å². The summed E-state index contributed by atoms with van der Waals surface area (Å²) in [7, 11) is 0. The zero-order valence-corrected chi connectivity index (χ0v) is 12.2. The third kappa shape index (κ3) is 2.61. The van der Waals surface area contributed by atoms with Gasteiger partial charge in [-0.2, -0.15) is 0 Å². The smallest absolute Gasteiger partial charge is 0.120 e. The molecule has 0 unspecified atom stereocenters. The summed E-state index contributed by atoms with van der Waals surface area (Å²) in [5.74, 6) is 0.940. The Morgan fingerprint density at radius 3 is 2.84 bits per heavy atom. The minimum atomic E-state index is 0.532. The highest BCUT2D eigenvalue weighted by Gasteiger charge is 2.11. The largest absolute Gasteiger partial charge is 0.489 e. The van der Waals surface area contributed by atoms with Crippen molar-refractivity contribution in [2.45, 2.75) is 25.9 Å². The number of halogens is 1. The molecule has 0 fully saturated rings. The second-order valence-electron chi connectivity index (χ2n) is 4.89. The predicted octanol–water partition coefficient (Wildman–Crippen LogP) is 4.10. The van der Waals surface area contributed by atoms with E-state index in [9.17, 15) is 0 Å². The van der Waals surface area contributed by atoms with Crippen molar-refractivity contribution < 1.29 is 4.74 Å². The van der Waals surface area contributed by atoms with Gasteiger partial charge in [-0.1, -0.05) is 18.2 Å². The Kier molecular flexibility index (Phi) is 3.47. The topological polar surface area (TPSA) is 35.2 Å². The van der Waals surface area contributed by atoms with Crippen molar-refractivity contribution in [2.24, 2.45) is 0 Å².